The summed E-state index contributed by atoms with van der Waals surface area (Å²) >= 11 is 0. The summed E-state index contributed by atoms with van der Waals surface area (Å²) in [6.07, 6.45) is 3.03. The number of carbonyl (C=O) groups is 1. The molecule has 1 aliphatic rings. The van der Waals surface area contributed by atoms with Gasteiger partial charge in [0.25, 0.3) is 0 Å². The summed E-state index contributed by atoms with van der Waals surface area (Å²) in [7, 11) is -3.97. The second-order valence-electron chi connectivity index (χ2n) is 8.91. The van der Waals surface area contributed by atoms with Crippen molar-refractivity contribution in [2.75, 3.05) is 19.8 Å². The van der Waals surface area contributed by atoms with Crippen molar-refractivity contribution in [1.82, 2.24) is 15.0 Å². The maximum Gasteiger partial charge on any atom is 0.241 e. The van der Waals surface area contributed by atoms with E-state index >= 15 is 0 Å². The van der Waals surface area contributed by atoms with Gasteiger partial charge in [0, 0.05) is 18.7 Å². The molecule has 10 nitrogen and oxygen atoms in total. The molecule has 4 N–H and O–H groups in total. The van der Waals surface area contributed by atoms with Crippen LogP contribution in [0.25, 0.3) is 10.8 Å². The summed E-state index contributed by atoms with van der Waals surface area (Å²) in [6.45, 7) is 1.03. The first kappa shape index (κ1) is 26.2. The van der Waals surface area contributed by atoms with Gasteiger partial charge in [-0.05, 0) is 59.3 Å². The van der Waals surface area contributed by atoms with Crippen molar-refractivity contribution in [2.24, 2.45) is 16.0 Å². The zero-order valence-electron chi connectivity index (χ0n) is 20.3. The number of nitroso groups, excluding NO2 is 1. The highest BCUT2D eigenvalue weighted by atomic mass is 32.2. The molecule has 1 aliphatic heterocycles. The van der Waals surface area contributed by atoms with Crippen LogP contribution >= 0.6 is 0 Å². The summed E-state index contributed by atoms with van der Waals surface area (Å²) in [6, 6.07) is 18.5. The number of likely N-dealkylation sites (tertiary alicyclic amines) is 1. The highest BCUT2D eigenvalue weighted by molar-refractivity contribution is 7.89. The lowest BCUT2D eigenvalue weighted by Gasteiger charge is -2.30. The first-order valence-electron chi connectivity index (χ1n) is 12.1. The van der Waals surface area contributed by atoms with Gasteiger partial charge in [0.15, 0.2) is 12.5 Å². The zero-order chi connectivity index (χ0) is 26.3. The third kappa shape index (κ3) is 6.69. The molecule has 3 aromatic rings. The van der Waals surface area contributed by atoms with Crippen molar-refractivity contribution in [1.29, 1.82) is 0 Å². The minimum Gasteiger partial charge on any atom is -0.382 e. The van der Waals surface area contributed by atoms with E-state index in [1.165, 1.54) is 0 Å². The number of carbonyl (C=O) groups excluding carboxylic acids is 1. The highest BCUT2D eigenvalue weighted by Gasteiger charge is 2.30. The topological polar surface area (TPSA) is 146 Å². The summed E-state index contributed by atoms with van der Waals surface area (Å²) in [5.74, 6) is -0.0621. The Morgan fingerprint density at radius 1 is 0.973 bits per heavy atom. The van der Waals surface area contributed by atoms with Crippen LogP contribution in [0.4, 0.5) is 0 Å². The maximum absolute atomic E-state index is 13.5. The molecule has 37 heavy (non-hydrogen) atoms. The van der Waals surface area contributed by atoms with Crippen molar-refractivity contribution in [2.45, 2.75) is 36.6 Å². The molecule has 0 aromatic heterocycles. The van der Waals surface area contributed by atoms with E-state index in [2.05, 4.69) is 20.4 Å². The number of hydrazone groups is 1. The fraction of sp³-hybridized carbons (Fsp3) is 0.308. The molecular weight excluding hydrogens is 492 g/mol. The Labute approximate surface area is 215 Å². The number of hydrogen-bond donors (Lipinski definition) is 3. The molecule has 194 valence electrons. The molecule has 0 saturated carbocycles. The van der Waals surface area contributed by atoms with E-state index in [1.807, 2.05) is 24.3 Å². The van der Waals surface area contributed by atoms with Gasteiger partial charge < -0.3 is 10.6 Å². The van der Waals surface area contributed by atoms with Crippen molar-refractivity contribution < 1.29 is 13.2 Å². The zero-order valence-corrected chi connectivity index (χ0v) is 21.2. The van der Waals surface area contributed by atoms with Crippen LogP contribution in [0, 0.1) is 4.91 Å². The van der Waals surface area contributed by atoms with Crippen LogP contribution in [0.3, 0.4) is 0 Å². The lowest BCUT2D eigenvalue weighted by molar-refractivity contribution is -0.133. The first-order valence-corrected chi connectivity index (χ1v) is 13.6. The monoisotopic (exact) mass is 522 g/mol. The number of amidine groups is 1. The average molecular weight is 523 g/mol. The van der Waals surface area contributed by atoms with Crippen molar-refractivity contribution >= 4 is 32.5 Å². The van der Waals surface area contributed by atoms with Crippen LogP contribution in [-0.2, 0) is 21.2 Å². The number of rotatable bonds is 10. The molecule has 1 atom stereocenters. The Hall–Kier alpha value is -3.83. The van der Waals surface area contributed by atoms with Gasteiger partial charge in [-0.1, -0.05) is 54.6 Å². The minimum atomic E-state index is -3.97. The van der Waals surface area contributed by atoms with Crippen LogP contribution in [0.2, 0.25) is 0 Å². The molecule has 1 amide bonds. The highest BCUT2D eigenvalue weighted by Crippen LogP contribution is 2.20. The van der Waals surface area contributed by atoms with Gasteiger partial charge >= 0.3 is 0 Å². The third-order valence-corrected chi connectivity index (χ3v) is 7.79. The third-order valence-electron chi connectivity index (χ3n) is 6.32. The summed E-state index contributed by atoms with van der Waals surface area (Å²) < 4.78 is 29.4. The summed E-state index contributed by atoms with van der Waals surface area (Å²) in [4.78, 5) is 25.5. The van der Waals surface area contributed by atoms with Crippen LogP contribution in [0.1, 0.15) is 30.4 Å². The Bertz CT molecular complexity index is 1390. The van der Waals surface area contributed by atoms with E-state index in [0.717, 1.165) is 35.6 Å². The summed E-state index contributed by atoms with van der Waals surface area (Å²) in [5.41, 5.74) is 9.72. The van der Waals surface area contributed by atoms with Crippen LogP contribution in [0.15, 0.2) is 81.9 Å². The molecule has 4 rings (SSSR count). The van der Waals surface area contributed by atoms with Crippen molar-refractivity contribution in [3.05, 3.63) is 82.8 Å². The number of sulfonamides is 1. The van der Waals surface area contributed by atoms with Gasteiger partial charge in [0.1, 0.15) is 6.04 Å². The molecule has 1 fully saturated rings. The van der Waals surface area contributed by atoms with Gasteiger partial charge in [-0.2, -0.15) is 9.82 Å². The molecule has 0 bridgehead atoms. The number of amides is 1. The number of nitrogens with zero attached hydrogens (tertiary/aromatic N) is 3. The first-order chi connectivity index (χ1) is 17.9. The molecule has 0 radical (unpaired) electrons. The Morgan fingerprint density at radius 3 is 2.38 bits per heavy atom. The average Bonchev–Trinajstić information content (AvgIpc) is 2.93. The normalized spacial score (nSPS) is 15.4. The van der Waals surface area contributed by atoms with E-state index in [-0.39, 0.29) is 29.7 Å². The Morgan fingerprint density at radius 2 is 1.68 bits per heavy atom. The standard InChI is InChI=1S/C26H30N6O4S/c27-25(30-28-18-29-34)21-10-8-19(9-11-21)16-24(26(33)32-14-4-1-5-15-32)31-37(35,36)23-13-12-20-6-2-3-7-22(20)17-23/h2-3,6-13,17,24,28,31H,1,4-5,14-16,18H2,(H2,27,30)/t24-/m0/s1. The van der Waals surface area contributed by atoms with E-state index in [4.69, 9.17) is 5.73 Å². The predicted molar refractivity (Wildman–Crippen MR) is 143 cm³/mol. The number of hydrogen-bond acceptors (Lipinski definition) is 7. The lowest BCUT2D eigenvalue weighted by atomic mass is 10.0. The fourth-order valence-corrected chi connectivity index (χ4v) is 5.59. The van der Waals surface area contributed by atoms with Crippen molar-refractivity contribution in [3.63, 3.8) is 0 Å². The second-order valence-corrected chi connectivity index (χ2v) is 10.6. The number of nitrogens with two attached hydrogens (primary N) is 1. The van der Waals surface area contributed by atoms with E-state index in [1.54, 1.807) is 47.4 Å². The maximum atomic E-state index is 13.5. The van der Waals surface area contributed by atoms with Crippen LogP contribution in [-0.4, -0.2) is 50.9 Å². The number of fused-ring (bicyclic) bond motifs is 1. The molecule has 1 saturated heterocycles. The molecule has 3 aromatic carbocycles. The van der Waals surface area contributed by atoms with Crippen molar-refractivity contribution in [3.8, 4) is 0 Å². The molecule has 11 heteroatoms. The molecule has 0 spiro atoms. The summed E-state index contributed by atoms with van der Waals surface area (Å²) in [5, 5.41) is 8.26. The molecule has 1 heterocycles. The Balaban J connectivity index is 1.57. The van der Waals surface area contributed by atoms with E-state index in [0.29, 0.717) is 18.7 Å². The molecule has 0 aliphatic carbocycles. The molecule has 0 unspecified atom stereocenters. The number of benzene rings is 3. The second kappa shape index (κ2) is 11.9. The SMILES string of the molecule is NC(=NNCN=O)c1ccc(C[C@H](NS(=O)(=O)c2ccc3ccccc3c2)C(=O)N2CCCCC2)cc1. The largest absolute Gasteiger partial charge is 0.382 e. The molecular formula is C26H30N6O4S. The van der Waals surface area contributed by atoms with Gasteiger partial charge in [-0.25, -0.2) is 8.42 Å². The smallest absolute Gasteiger partial charge is 0.241 e. The lowest BCUT2D eigenvalue weighted by Crippen LogP contribution is -2.50. The van der Waals surface area contributed by atoms with Gasteiger partial charge in [-0.3, -0.25) is 10.2 Å². The number of nitrogens with one attached hydrogen (secondary N) is 2. The predicted octanol–water partition coefficient (Wildman–Crippen LogP) is 2.68. The quantitative estimate of drug-likeness (QED) is 0.123. The fourth-order valence-electron chi connectivity index (χ4n) is 4.37. The van der Waals surface area contributed by atoms with Gasteiger partial charge in [0.05, 0.1) is 4.90 Å². The van der Waals surface area contributed by atoms with E-state index in [9.17, 15) is 18.1 Å². The number of piperidine rings is 1. The van der Waals surface area contributed by atoms with Gasteiger partial charge in [0.2, 0.25) is 15.9 Å². The van der Waals surface area contributed by atoms with Crippen LogP contribution < -0.4 is 15.9 Å². The van der Waals surface area contributed by atoms with Gasteiger partial charge in [-0.15, -0.1) is 4.91 Å². The van der Waals surface area contributed by atoms with Crippen LogP contribution in [0.5, 0.6) is 0 Å². The minimum absolute atomic E-state index is 0.110. The Kier molecular flexibility index (Phi) is 8.47. The van der Waals surface area contributed by atoms with E-state index < -0.39 is 16.1 Å².